The van der Waals surface area contributed by atoms with Crippen LogP contribution in [0.1, 0.15) is 28.3 Å². The molecule has 0 aliphatic heterocycles. The lowest BCUT2D eigenvalue weighted by Gasteiger charge is -2.03. The lowest BCUT2D eigenvalue weighted by Crippen LogP contribution is -2.06. The molecule has 5 heteroatoms. The van der Waals surface area contributed by atoms with E-state index >= 15 is 0 Å². The van der Waals surface area contributed by atoms with E-state index in [2.05, 4.69) is 32.2 Å². The van der Waals surface area contributed by atoms with Gasteiger partial charge in [-0.3, -0.25) is 9.98 Å². The molecule has 4 rings (SSSR count). The second kappa shape index (κ2) is 9.09. The van der Waals surface area contributed by atoms with Crippen LogP contribution in [0, 0.1) is 13.8 Å². The Balaban J connectivity index is 1.66. The van der Waals surface area contributed by atoms with Crippen LogP contribution in [0.2, 0.25) is 0 Å². The van der Waals surface area contributed by atoms with Crippen molar-refractivity contribution in [3.63, 3.8) is 0 Å². The minimum Gasteiger partial charge on any atom is -0.253 e. The number of rotatable bonds is 6. The van der Waals surface area contributed by atoms with E-state index in [0.29, 0.717) is 18.2 Å². The van der Waals surface area contributed by atoms with Gasteiger partial charge >= 0.3 is 0 Å². The fourth-order valence-electron chi connectivity index (χ4n) is 3.07. The fourth-order valence-corrected chi connectivity index (χ4v) is 3.07. The van der Waals surface area contributed by atoms with E-state index in [-0.39, 0.29) is 0 Å². The standard InChI is InChI=1S/C25H23N5/c1-19-10-6-8-14-22(19)26-16-24-28-25(17-27-23-15-9-7-11-20(23)2)30(29-24)18-21-12-4-3-5-13-21/h3-17H,18H2,1-2H3. The van der Waals surface area contributed by atoms with Crippen molar-refractivity contribution < 1.29 is 0 Å². The summed E-state index contributed by atoms with van der Waals surface area (Å²) in [4.78, 5) is 13.8. The fraction of sp³-hybridized carbons (Fsp3) is 0.120. The number of aromatic nitrogens is 3. The molecule has 0 saturated heterocycles. The van der Waals surface area contributed by atoms with Crippen molar-refractivity contribution in [2.75, 3.05) is 0 Å². The van der Waals surface area contributed by atoms with Gasteiger partial charge in [-0.15, -0.1) is 5.10 Å². The van der Waals surface area contributed by atoms with Crippen LogP contribution in [0.3, 0.4) is 0 Å². The highest BCUT2D eigenvalue weighted by molar-refractivity contribution is 5.82. The summed E-state index contributed by atoms with van der Waals surface area (Å²) in [5.74, 6) is 1.24. The van der Waals surface area contributed by atoms with Crippen LogP contribution >= 0.6 is 0 Å². The molecule has 0 atom stereocenters. The Labute approximate surface area is 176 Å². The van der Waals surface area contributed by atoms with Gasteiger partial charge in [-0.25, -0.2) is 9.67 Å². The maximum absolute atomic E-state index is 4.65. The highest BCUT2D eigenvalue weighted by atomic mass is 15.3. The second-order valence-corrected chi connectivity index (χ2v) is 7.06. The largest absolute Gasteiger partial charge is 0.253 e. The van der Waals surface area contributed by atoms with Crippen LogP contribution in [0.25, 0.3) is 0 Å². The van der Waals surface area contributed by atoms with Crippen LogP contribution in [0.15, 0.2) is 88.8 Å². The van der Waals surface area contributed by atoms with E-state index in [0.717, 1.165) is 28.1 Å². The van der Waals surface area contributed by atoms with Gasteiger partial charge in [-0.05, 0) is 42.7 Å². The third kappa shape index (κ3) is 4.75. The van der Waals surface area contributed by atoms with Gasteiger partial charge in [0.05, 0.1) is 30.3 Å². The first-order valence-corrected chi connectivity index (χ1v) is 9.87. The van der Waals surface area contributed by atoms with Gasteiger partial charge in [0.2, 0.25) is 0 Å². The van der Waals surface area contributed by atoms with Crippen molar-refractivity contribution in [3.8, 4) is 0 Å². The van der Waals surface area contributed by atoms with Crippen molar-refractivity contribution in [1.82, 2.24) is 14.8 Å². The summed E-state index contributed by atoms with van der Waals surface area (Å²) in [6, 6.07) is 26.2. The summed E-state index contributed by atoms with van der Waals surface area (Å²) in [7, 11) is 0. The van der Waals surface area contributed by atoms with Gasteiger partial charge in [-0.2, -0.15) is 0 Å². The first-order chi connectivity index (χ1) is 14.7. The van der Waals surface area contributed by atoms with E-state index in [1.54, 1.807) is 12.4 Å². The molecule has 0 radical (unpaired) electrons. The predicted octanol–water partition coefficient (Wildman–Crippen LogP) is 5.44. The minimum absolute atomic E-state index is 0.556. The van der Waals surface area contributed by atoms with Gasteiger partial charge in [0.15, 0.2) is 11.6 Å². The Morgan fingerprint density at radius 2 is 1.30 bits per heavy atom. The molecule has 0 spiro atoms. The van der Waals surface area contributed by atoms with Crippen LogP contribution in [-0.4, -0.2) is 27.2 Å². The molecule has 5 nitrogen and oxygen atoms in total. The Morgan fingerprint density at radius 3 is 1.93 bits per heavy atom. The molecule has 30 heavy (non-hydrogen) atoms. The molecule has 148 valence electrons. The number of aryl methyl sites for hydroxylation is 2. The number of hydrogen-bond acceptors (Lipinski definition) is 4. The summed E-state index contributed by atoms with van der Waals surface area (Å²) in [6.45, 7) is 4.69. The molecule has 0 amide bonds. The maximum atomic E-state index is 4.65. The van der Waals surface area contributed by atoms with E-state index < -0.39 is 0 Å². The number of nitrogens with zero attached hydrogens (tertiary/aromatic N) is 5. The van der Waals surface area contributed by atoms with Crippen LogP contribution in [0.5, 0.6) is 0 Å². The molecule has 0 unspecified atom stereocenters. The van der Waals surface area contributed by atoms with Crippen LogP contribution in [0.4, 0.5) is 11.4 Å². The first-order valence-electron chi connectivity index (χ1n) is 9.87. The molecule has 0 N–H and O–H groups in total. The van der Waals surface area contributed by atoms with E-state index in [1.807, 2.05) is 85.3 Å². The van der Waals surface area contributed by atoms with Gasteiger partial charge in [-0.1, -0.05) is 66.7 Å². The zero-order chi connectivity index (χ0) is 20.8. The molecule has 0 saturated carbocycles. The third-order valence-electron chi connectivity index (χ3n) is 4.76. The second-order valence-electron chi connectivity index (χ2n) is 7.06. The lowest BCUT2D eigenvalue weighted by atomic mass is 10.2. The summed E-state index contributed by atoms with van der Waals surface area (Å²) in [6.07, 6.45) is 3.47. The maximum Gasteiger partial charge on any atom is 0.192 e. The van der Waals surface area contributed by atoms with Crippen molar-refractivity contribution in [1.29, 1.82) is 0 Å². The minimum atomic E-state index is 0.556. The van der Waals surface area contributed by atoms with Crippen LogP contribution < -0.4 is 0 Å². The lowest BCUT2D eigenvalue weighted by molar-refractivity contribution is 0.679. The summed E-state index contributed by atoms with van der Waals surface area (Å²) >= 11 is 0. The molecule has 0 aliphatic carbocycles. The molecule has 0 bridgehead atoms. The highest BCUT2D eigenvalue weighted by Gasteiger charge is 2.08. The van der Waals surface area contributed by atoms with Crippen LogP contribution in [-0.2, 0) is 6.54 Å². The van der Waals surface area contributed by atoms with Gasteiger partial charge in [0.25, 0.3) is 0 Å². The summed E-state index contributed by atoms with van der Waals surface area (Å²) < 4.78 is 1.86. The molecule has 0 aliphatic rings. The van der Waals surface area contributed by atoms with E-state index in [9.17, 15) is 0 Å². The Kier molecular flexibility index (Phi) is 5.90. The molecule has 4 aromatic rings. The monoisotopic (exact) mass is 393 g/mol. The van der Waals surface area contributed by atoms with Gasteiger partial charge < -0.3 is 0 Å². The zero-order valence-corrected chi connectivity index (χ0v) is 17.1. The highest BCUT2D eigenvalue weighted by Crippen LogP contribution is 2.18. The van der Waals surface area contributed by atoms with Crippen molar-refractivity contribution in [2.24, 2.45) is 9.98 Å². The van der Waals surface area contributed by atoms with Crippen molar-refractivity contribution in [2.45, 2.75) is 20.4 Å². The van der Waals surface area contributed by atoms with Crippen molar-refractivity contribution >= 4 is 23.8 Å². The van der Waals surface area contributed by atoms with E-state index in [1.165, 1.54) is 0 Å². The molecule has 1 aromatic heterocycles. The number of hydrogen-bond donors (Lipinski definition) is 0. The number of para-hydroxylation sites is 2. The third-order valence-corrected chi connectivity index (χ3v) is 4.76. The van der Waals surface area contributed by atoms with Gasteiger partial charge in [0.1, 0.15) is 0 Å². The van der Waals surface area contributed by atoms with Crippen molar-refractivity contribution in [3.05, 3.63) is 107 Å². The average Bonchev–Trinajstić information content (AvgIpc) is 3.15. The summed E-state index contributed by atoms with van der Waals surface area (Å²) in [5.41, 5.74) is 5.20. The number of aliphatic imine (C=N–C) groups is 2. The Morgan fingerprint density at radius 1 is 0.733 bits per heavy atom. The topological polar surface area (TPSA) is 55.4 Å². The summed E-state index contributed by atoms with van der Waals surface area (Å²) in [5, 5.41) is 4.65. The first kappa shape index (κ1) is 19.5. The molecule has 1 heterocycles. The quantitative estimate of drug-likeness (QED) is 0.409. The molecule has 0 fully saturated rings. The van der Waals surface area contributed by atoms with E-state index in [4.69, 9.17) is 0 Å². The molecular formula is C25H23N5. The Hall–Kier alpha value is -3.86. The number of benzene rings is 3. The molecular weight excluding hydrogens is 370 g/mol. The Bertz CT molecular complexity index is 1190. The average molecular weight is 393 g/mol. The smallest absolute Gasteiger partial charge is 0.192 e. The SMILES string of the molecule is Cc1ccccc1N=Cc1nc(C=Nc2ccccc2C)n(Cc2ccccc2)n1. The normalized spacial score (nSPS) is 11.5. The zero-order valence-electron chi connectivity index (χ0n) is 17.1. The van der Waals surface area contributed by atoms with Gasteiger partial charge in [0, 0.05) is 0 Å². The predicted molar refractivity (Wildman–Crippen MR) is 122 cm³/mol. The molecule has 3 aromatic carbocycles.